The number of carbonyl (C=O) groups excluding carboxylic acids is 2. The molecule has 3 aromatic rings. The number of benzene rings is 1. The standard InChI is InChI=1S/C26H29N7O3/c1-4-24(34)31-20-9-10-22(29-15-20)30-19-7-5-18(6-8-19)11-13-27-25-28-14-12-23(32-25)33-21(17(2)3)16-36-26(33)35/h4-10,12,14-15,17,21H,1,11,13,16H2,2-3H3,(H,29,30)(H,31,34)(H,27,28,32)/t21-/m1/s1. The molecule has 2 aromatic heterocycles. The third-order valence-corrected chi connectivity index (χ3v) is 5.70. The van der Waals surface area contributed by atoms with Crippen molar-refractivity contribution in [1.82, 2.24) is 15.0 Å². The molecule has 186 valence electrons. The van der Waals surface area contributed by atoms with Crippen LogP contribution in [0.25, 0.3) is 0 Å². The molecule has 10 heteroatoms. The van der Waals surface area contributed by atoms with Crippen LogP contribution in [0.3, 0.4) is 0 Å². The topological polar surface area (TPSA) is 121 Å². The van der Waals surface area contributed by atoms with Crippen molar-refractivity contribution in [2.75, 3.05) is 34.0 Å². The van der Waals surface area contributed by atoms with Crippen molar-refractivity contribution in [3.63, 3.8) is 0 Å². The van der Waals surface area contributed by atoms with Gasteiger partial charge in [0.05, 0.1) is 17.9 Å². The second kappa shape index (κ2) is 11.3. The third kappa shape index (κ3) is 6.15. The molecule has 1 saturated heterocycles. The van der Waals surface area contributed by atoms with Crippen LogP contribution < -0.4 is 20.9 Å². The van der Waals surface area contributed by atoms with Crippen molar-refractivity contribution < 1.29 is 14.3 Å². The fraction of sp³-hybridized carbons (Fsp3) is 0.269. The number of hydrogen-bond donors (Lipinski definition) is 3. The summed E-state index contributed by atoms with van der Waals surface area (Å²) >= 11 is 0. The number of ether oxygens (including phenoxy) is 1. The molecule has 0 bridgehead atoms. The van der Waals surface area contributed by atoms with Gasteiger partial charge in [0.15, 0.2) is 0 Å². The predicted molar refractivity (Wildman–Crippen MR) is 139 cm³/mol. The molecule has 0 aliphatic carbocycles. The normalized spacial score (nSPS) is 14.9. The number of pyridine rings is 1. The molecule has 0 saturated carbocycles. The zero-order valence-corrected chi connectivity index (χ0v) is 20.3. The molecule has 1 aliphatic heterocycles. The van der Waals surface area contributed by atoms with Gasteiger partial charge in [-0.1, -0.05) is 32.6 Å². The van der Waals surface area contributed by atoms with Gasteiger partial charge in [-0.2, -0.15) is 4.98 Å². The number of carbonyl (C=O) groups is 2. The van der Waals surface area contributed by atoms with Crippen LogP contribution in [0.5, 0.6) is 0 Å². The number of rotatable bonds is 10. The Kier molecular flexibility index (Phi) is 7.74. The summed E-state index contributed by atoms with van der Waals surface area (Å²) in [5.74, 6) is 1.64. The van der Waals surface area contributed by atoms with Gasteiger partial charge >= 0.3 is 6.09 Å². The Hall–Kier alpha value is -4.47. The lowest BCUT2D eigenvalue weighted by Crippen LogP contribution is -2.37. The summed E-state index contributed by atoms with van der Waals surface area (Å²) in [7, 11) is 0. The number of cyclic esters (lactones) is 1. The molecule has 1 atom stereocenters. The lowest BCUT2D eigenvalue weighted by molar-refractivity contribution is -0.111. The summed E-state index contributed by atoms with van der Waals surface area (Å²) in [5, 5.41) is 9.13. The van der Waals surface area contributed by atoms with Crippen LogP contribution in [0.15, 0.2) is 67.5 Å². The predicted octanol–water partition coefficient (Wildman–Crippen LogP) is 4.38. The van der Waals surface area contributed by atoms with Gasteiger partial charge in [0.2, 0.25) is 11.9 Å². The fourth-order valence-electron chi connectivity index (χ4n) is 3.71. The first-order valence-electron chi connectivity index (χ1n) is 11.7. The molecule has 4 rings (SSSR count). The summed E-state index contributed by atoms with van der Waals surface area (Å²) in [6.45, 7) is 8.53. The van der Waals surface area contributed by atoms with Gasteiger partial charge in [-0.25, -0.2) is 14.8 Å². The van der Waals surface area contributed by atoms with E-state index in [4.69, 9.17) is 4.74 Å². The zero-order valence-electron chi connectivity index (χ0n) is 20.3. The average molecular weight is 488 g/mol. The van der Waals surface area contributed by atoms with E-state index in [9.17, 15) is 9.59 Å². The highest BCUT2D eigenvalue weighted by atomic mass is 16.6. The third-order valence-electron chi connectivity index (χ3n) is 5.70. The number of nitrogens with zero attached hydrogens (tertiary/aromatic N) is 4. The molecule has 2 amide bonds. The van der Waals surface area contributed by atoms with Crippen LogP contribution in [0.1, 0.15) is 19.4 Å². The van der Waals surface area contributed by atoms with Gasteiger partial charge in [0.25, 0.3) is 0 Å². The molecule has 36 heavy (non-hydrogen) atoms. The maximum atomic E-state index is 12.2. The summed E-state index contributed by atoms with van der Waals surface area (Å²) in [6, 6.07) is 13.3. The van der Waals surface area contributed by atoms with Crippen molar-refractivity contribution in [1.29, 1.82) is 0 Å². The van der Waals surface area contributed by atoms with Gasteiger partial charge in [-0.3, -0.25) is 9.69 Å². The van der Waals surface area contributed by atoms with Gasteiger partial charge in [-0.05, 0) is 54.3 Å². The summed E-state index contributed by atoms with van der Waals surface area (Å²) in [4.78, 5) is 38.3. The van der Waals surface area contributed by atoms with E-state index in [1.54, 1.807) is 35.5 Å². The largest absolute Gasteiger partial charge is 0.447 e. The molecule has 3 N–H and O–H groups in total. The van der Waals surface area contributed by atoms with Crippen LogP contribution in [0.2, 0.25) is 0 Å². The lowest BCUT2D eigenvalue weighted by Gasteiger charge is -2.23. The Bertz CT molecular complexity index is 1210. The highest BCUT2D eigenvalue weighted by Gasteiger charge is 2.37. The highest BCUT2D eigenvalue weighted by molar-refractivity contribution is 5.98. The van der Waals surface area contributed by atoms with E-state index in [0.717, 1.165) is 17.7 Å². The molecular formula is C26H29N7O3. The maximum Gasteiger partial charge on any atom is 0.415 e. The van der Waals surface area contributed by atoms with Crippen LogP contribution in [0.4, 0.5) is 33.8 Å². The van der Waals surface area contributed by atoms with E-state index in [0.29, 0.717) is 36.4 Å². The van der Waals surface area contributed by atoms with Crippen molar-refractivity contribution in [2.24, 2.45) is 5.92 Å². The maximum absolute atomic E-state index is 12.2. The van der Waals surface area contributed by atoms with Crippen molar-refractivity contribution in [3.05, 3.63) is 73.1 Å². The first kappa shape index (κ1) is 24.6. The van der Waals surface area contributed by atoms with Crippen LogP contribution in [-0.4, -0.2) is 46.1 Å². The van der Waals surface area contributed by atoms with Gasteiger partial charge in [0, 0.05) is 18.4 Å². The number of nitrogens with one attached hydrogen (secondary N) is 3. The molecule has 0 spiro atoms. The van der Waals surface area contributed by atoms with E-state index in [-0.39, 0.29) is 24.0 Å². The molecule has 0 radical (unpaired) electrons. The van der Waals surface area contributed by atoms with E-state index >= 15 is 0 Å². The zero-order chi connectivity index (χ0) is 25.5. The first-order valence-corrected chi connectivity index (χ1v) is 11.7. The Labute approximate surface area is 209 Å². The Morgan fingerprint density at radius 3 is 2.64 bits per heavy atom. The first-order chi connectivity index (χ1) is 17.4. The van der Waals surface area contributed by atoms with E-state index < -0.39 is 0 Å². The Morgan fingerprint density at radius 2 is 1.94 bits per heavy atom. The van der Waals surface area contributed by atoms with Crippen molar-refractivity contribution >= 4 is 41.0 Å². The monoisotopic (exact) mass is 487 g/mol. The van der Waals surface area contributed by atoms with E-state index in [2.05, 4.69) is 51.3 Å². The Balaban J connectivity index is 1.29. The minimum Gasteiger partial charge on any atom is -0.447 e. The van der Waals surface area contributed by atoms with Crippen LogP contribution >= 0.6 is 0 Å². The van der Waals surface area contributed by atoms with Crippen LogP contribution in [-0.2, 0) is 16.0 Å². The lowest BCUT2D eigenvalue weighted by atomic mass is 10.0. The smallest absolute Gasteiger partial charge is 0.415 e. The molecular weight excluding hydrogens is 458 g/mol. The fourth-order valence-corrected chi connectivity index (χ4v) is 3.71. The highest BCUT2D eigenvalue weighted by Crippen LogP contribution is 2.26. The molecule has 1 aliphatic rings. The quantitative estimate of drug-likeness (QED) is 0.360. The minimum absolute atomic E-state index is 0.0429. The molecule has 0 unspecified atom stereocenters. The van der Waals surface area contributed by atoms with Gasteiger partial charge in [-0.15, -0.1) is 0 Å². The summed E-state index contributed by atoms with van der Waals surface area (Å²) < 4.78 is 5.22. The SMILES string of the molecule is C=CC(=O)Nc1ccc(Nc2ccc(CCNc3nccc(N4C(=O)OC[C@@H]4C(C)C)n3)cc2)nc1. The number of hydrogen-bond acceptors (Lipinski definition) is 8. The van der Waals surface area contributed by atoms with Gasteiger partial charge in [0.1, 0.15) is 18.2 Å². The summed E-state index contributed by atoms with van der Waals surface area (Å²) in [5.41, 5.74) is 2.64. The minimum atomic E-state index is -0.377. The second-order valence-electron chi connectivity index (χ2n) is 8.62. The number of amides is 2. The molecule has 10 nitrogen and oxygen atoms in total. The molecule has 3 heterocycles. The average Bonchev–Trinajstić information content (AvgIpc) is 3.28. The number of aromatic nitrogens is 3. The second-order valence-corrected chi connectivity index (χ2v) is 8.62. The molecule has 1 aromatic carbocycles. The Morgan fingerprint density at radius 1 is 1.17 bits per heavy atom. The van der Waals surface area contributed by atoms with E-state index in [1.165, 1.54) is 6.08 Å². The van der Waals surface area contributed by atoms with E-state index in [1.807, 2.05) is 24.3 Å². The van der Waals surface area contributed by atoms with Crippen molar-refractivity contribution in [2.45, 2.75) is 26.3 Å². The molecule has 1 fully saturated rings. The van der Waals surface area contributed by atoms with Gasteiger partial charge < -0.3 is 20.7 Å². The van der Waals surface area contributed by atoms with Crippen molar-refractivity contribution in [3.8, 4) is 0 Å². The number of anilines is 5. The summed E-state index contributed by atoms with van der Waals surface area (Å²) in [6.07, 6.45) is 4.82. The van der Waals surface area contributed by atoms with Crippen LogP contribution in [0, 0.1) is 5.92 Å².